The van der Waals surface area contributed by atoms with Crippen LogP contribution in [0.3, 0.4) is 0 Å². The first kappa shape index (κ1) is 10.0. The van der Waals surface area contributed by atoms with Crippen LogP contribution in [-0.2, 0) is 0 Å². The van der Waals surface area contributed by atoms with E-state index in [0.717, 1.165) is 28.3 Å². The van der Waals surface area contributed by atoms with Gasteiger partial charge < -0.3 is 15.2 Å². The van der Waals surface area contributed by atoms with Crippen molar-refractivity contribution in [1.29, 1.82) is 0 Å². The van der Waals surface area contributed by atoms with Crippen molar-refractivity contribution >= 4 is 5.82 Å². The van der Waals surface area contributed by atoms with Gasteiger partial charge in [0.1, 0.15) is 19.0 Å². The SMILES string of the molecule is Cc1c(-c2cc(N)n[nH]2)ccc2c1OCCO2. The quantitative estimate of drug-likeness (QED) is 0.784. The largest absolute Gasteiger partial charge is 0.486 e. The van der Waals surface area contributed by atoms with E-state index in [9.17, 15) is 0 Å². The fourth-order valence-electron chi connectivity index (χ4n) is 2.02. The van der Waals surface area contributed by atoms with Crippen molar-refractivity contribution in [3.63, 3.8) is 0 Å². The van der Waals surface area contributed by atoms with Gasteiger partial charge in [-0.1, -0.05) is 0 Å². The number of hydrogen-bond donors (Lipinski definition) is 2. The van der Waals surface area contributed by atoms with Gasteiger partial charge in [-0.3, -0.25) is 5.10 Å². The Hall–Kier alpha value is -2.17. The normalized spacial score (nSPS) is 13.7. The topological polar surface area (TPSA) is 73.2 Å². The molecule has 3 N–H and O–H groups in total. The highest BCUT2D eigenvalue weighted by molar-refractivity contribution is 5.71. The van der Waals surface area contributed by atoms with Crippen molar-refractivity contribution in [2.75, 3.05) is 18.9 Å². The standard InChI is InChI=1S/C12H13N3O2/c1-7-8(9-6-11(13)15-14-9)2-3-10-12(7)17-5-4-16-10/h2-3,6H,4-5H2,1H3,(H3,13,14,15). The average Bonchev–Trinajstić information content (AvgIpc) is 2.77. The van der Waals surface area contributed by atoms with E-state index in [0.29, 0.717) is 19.0 Å². The van der Waals surface area contributed by atoms with Crippen LogP contribution >= 0.6 is 0 Å². The highest BCUT2D eigenvalue weighted by atomic mass is 16.6. The number of aromatic nitrogens is 2. The Kier molecular flexibility index (Phi) is 2.18. The fraction of sp³-hybridized carbons (Fsp3) is 0.250. The van der Waals surface area contributed by atoms with Crippen molar-refractivity contribution in [1.82, 2.24) is 10.2 Å². The minimum absolute atomic E-state index is 0.481. The summed E-state index contributed by atoms with van der Waals surface area (Å²) < 4.78 is 11.2. The second kappa shape index (κ2) is 3.69. The number of nitrogens with two attached hydrogens (primary N) is 1. The molecule has 0 radical (unpaired) electrons. The molecule has 0 spiro atoms. The highest BCUT2D eigenvalue weighted by Gasteiger charge is 2.17. The molecule has 0 aliphatic carbocycles. The Bertz CT molecular complexity index is 563. The highest BCUT2D eigenvalue weighted by Crippen LogP contribution is 2.38. The second-order valence-corrected chi connectivity index (χ2v) is 3.97. The summed E-state index contributed by atoms with van der Waals surface area (Å²) in [5.74, 6) is 2.08. The Morgan fingerprint density at radius 2 is 2.12 bits per heavy atom. The van der Waals surface area contributed by atoms with Gasteiger partial charge in [-0.15, -0.1) is 0 Å². The van der Waals surface area contributed by atoms with Gasteiger partial charge >= 0.3 is 0 Å². The lowest BCUT2D eigenvalue weighted by Gasteiger charge is -2.21. The number of hydrogen-bond acceptors (Lipinski definition) is 4. The van der Waals surface area contributed by atoms with E-state index in [1.54, 1.807) is 6.07 Å². The van der Waals surface area contributed by atoms with E-state index in [-0.39, 0.29) is 0 Å². The van der Waals surface area contributed by atoms with Crippen molar-refractivity contribution in [3.05, 3.63) is 23.8 Å². The lowest BCUT2D eigenvalue weighted by molar-refractivity contribution is 0.170. The fourth-order valence-corrected chi connectivity index (χ4v) is 2.02. The molecule has 1 aromatic heterocycles. The third kappa shape index (κ3) is 1.60. The number of ether oxygens (including phenoxy) is 2. The molecule has 5 nitrogen and oxygen atoms in total. The maximum atomic E-state index is 5.63. The predicted octanol–water partition coefficient (Wildman–Crippen LogP) is 1.74. The van der Waals surface area contributed by atoms with Gasteiger partial charge in [-0.05, 0) is 19.1 Å². The molecule has 0 amide bonds. The molecule has 3 rings (SSSR count). The minimum atomic E-state index is 0.481. The van der Waals surface area contributed by atoms with E-state index in [1.807, 2.05) is 19.1 Å². The van der Waals surface area contributed by atoms with E-state index >= 15 is 0 Å². The van der Waals surface area contributed by atoms with Gasteiger partial charge in [-0.2, -0.15) is 5.10 Å². The van der Waals surface area contributed by atoms with Crippen LogP contribution in [-0.4, -0.2) is 23.4 Å². The number of aromatic amines is 1. The van der Waals surface area contributed by atoms with E-state index in [4.69, 9.17) is 15.2 Å². The van der Waals surface area contributed by atoms with Crippen LogP contribution in [0.5, 0.6) is 11.5 Å². The smallest absolute Gasteiger partial charge is 0.164 e. The number of rotatable bonds is 1. The van der Waals surface area contributed by atoms with E-state index in [2.05, 4.69) is 10.2 Å². The van der Waals surface area contributed by atoms with Crippen LogP contribution in [0.4, 0.5) is 5.82 Å². The van der Waals surface area contributed by atoms with Crippen molar-refractivity contribution in [3.8, 4) is 22.8 Å². The zero-order chi connectivity index (χ0) is 11.8. The molecule has 5 heteroatoms. The van der Waals surface area contributed by atoms with Crippen LogP contribution in [0.15, 0.2) is 18.2 Å². The Balaban J connectivity index is 2.12. The molecule has 2 heterocycles. The third-order valence-electron chi connectivity index (χ3n) is 2.84. The Morgan fingerprint density at radius 1 is 1.29 bits per heavy atom. The van der Waals surface area contributed by atoms with Crippen molar-refractivity contribution in [2.24, 2.45) is 0 Å². The molecule has 2 aromatic rings. The molecule has 0 atom stereocenters. The lowest BCUT2D eigenvalue weighted by Crippen LogP contribution is -2.16. The Morgan fingerprint density at radius 3 is 2.88 bits per heavy atom. The van der Waals surface area contributed by atoms with Gasteiger partial charge in [-0.25, -0.2) is 0 Å². The molecule has 1 aromatic carbocycles. The zero-order valence-electron chi connectivity index (χ0n) is 9.49. The van der Waals surface area contributed by atoms with Crippen molar-refractivity contribution in [2.45, 2.75) is 6.92 Å². The van der Waals surface area contributed by atoms with Crippen LogP contribution < -0.4 is 15.2 Å². The maximum Gasteiger partial charge on any atom is 0.164 e. The van der Waals surface area contributed by atoms with Crippen LogP contribution in [0, 0.1) is 6.92 Å². The van der Waals surface area contributed by atoms with Gasteiger partial charge in [0.05, 0.1) is 5.69 Å². The molecule has 88 valence electrons. The molecule has 17 heavy (non-hydrogen) atoms. The van der Waals surface area contributed by atoms with Crippen LogP contribution in [0.1, 0.15) is 5.56 Å². The summed E-state index contributed by atoms with van der Waals surface area (Å²) in [5, 5.41) is 6.82. The molecule has 1 aliphatic heterocycles. The molecule has 0 bridgehead atoms. The molecule has 0 unspecified atom stereocenters. The summed E-state index contributed by atoms with van der Waals surface area (Å²) >= 11 is 0. The predicted molar refractivity (Wildman–Crippen MR) is 64.2 cm³/mol. The lowest BCUT2D eigenvalue weighted by atomic mass is 10.0. The monoisotopic (exact) mass is 231 g/mol. The molecule has 0 fully saturated rings. The first-order valence-corrected chi connectivity index (χ1v) is 5.46. The van der Waals surface area contributed by atoms with E-state index < -0.39 is 0 Å². The minimum Gasteiger partial charge on any atom is -0.486 e. The van der Waals surface area contributed by atoms with Crippen LogP contribution in [0.2, 0.25) is 0 Å². The molecule has 0 saturated heterocycles. The summed E-state index contributed by atoms with van der Waals surface area (Å²) in [7, 11) is 0. The maximum absolute atomic E-state index is 5.63. The van der Waals surface area contributed by atoms with Gasteiger partial charge in [0.25, 0.3) is 0 Å². The summed E-state index contributed by atoms with van der Waals surface area (Å²) in [6, 6.07) is 5.70. The number of H-pyrrole nitrogens is 1. The number of fused-ring (bicyclic) bond motifs is 1. The van der Waals surface area contributed by atoms with Crippen LogP contribution in [0.25, 0.3) is 11.3 Å². The molecular formula is C12H13N3O2. The molecular weight excluding hydrogens is 218 g/mol. The number of anilines is 1. The number of nitrogens with zero attached hydrogens (tertiary/aromatic N) is 1. The number of nitrogen functional groups attached to an aromatic ring is 1. The summed E-state index contributed by atoms with van der Waals surface area (Å²) in [6.45, 7) is 3.19. The number of benzene rings is 1. The van der Waals surface area contributed by atoms with Gasteiger partial charge in [0.2, 0.25) is 0 Å². The molecule has 1 aliphatic rings. The summed E-state index contributed by atoms with van der Waals surface area (Å²) in [5.41, 5.74) is 8.55. The Labute approximate surface area is 98.5 Å². The first-order valence-electron chi connectivity index (χ1n) is 5.46. The van der Waals surface area contributed by atoms with Gasteiger partial charge in [0.15, 0.2) is 11.5 Å². The number of nitrogens with one attached hydrogen (secondary N) is 1. The second-order valence-electron chi connectivity index (χ2n) is 3.97. The van der Waals surface area contributed by atoms with Crippen molar-refractivity contribution < 1.29 is 9.47 Å². The van der Waals surface area contributed by atoms with Gasteiger partial charge in [0, 0.05) is 17.2 Å². The third-order valence-corrected chi connectivity index (χ3v) is 2.84. The first-order chi connectivity index (χ1) is 8.25. The summed E-state index contributed by atoms with van der Waals surface area (Å²) in [6.07, 6.45) is 0. The van der Waals surface area contributed by atoms with E-state index in [1.165, 1.54) is 0 Å². The zero-order valence-corrected chi connectivity index (χ0v) is 9.49. The molecule has 0 saturated carbocycles. The average molecular weight is 231 g/mol. The summed E-state index contributed by atoms with van der Waals surface area (Å²) in [4.78, 5) is 0.